The summed E-state index contributed by atoms with van der Waals surface area (Å²) < 4.78 is 5.44. The minimum Gasteiger partial charge on any atom is -0.508 e. The van der Waals surface area contributed by atoms with Crippen molar-refractivity contribution in [3.8, 4) is 11.5 Å². The Morgan fingerprint density at radius 2 is 2.07 bits per heavy atom. The van der Waals surface area contributed by atoms with Gasteiger partial charge in [-0.15, -0.1) is 0 Å². The van der Waals surface area contributed by atoms with E-state index in [9.17, 15) is 15.0 Å². The van der Waals surface area contributed by atoms with Crippen molar-refractivity contribution in [2.75, 3.05) is 6.61 Å². The number of hydrogen-bond acceptors (Lipinski definition) is 6. The minimum atomic E-state index is -0.643. The van der Waals surface area contributed by atoms with Crippen LogP contribution in [0.4, 0.5) is 0 Å². The number of hydrogen-bond donors (Lipinski definition) is 2. The summed E-state index contributed by atoms with van der Waals surface area (Å²) in [6.45, 7) is 5.62. The highest BCUT2D eigenvalue weighted by molar-refractivity contribution is 6.00. The van der Waals surface area contributed by atoms with Gasteiger partial charge in [-0.25, -0.2) is 4.79 Å². The normalized spacial score (nSPS) is 19.8. The summed E-state index contributed by atoms with van der Waals surface area (Å²) in [5, 5.41) is 24.1. The van der Waals surface area contributed by atoms with Crippen molar-refractivity contribution in [3.05, 3.63) is 60.2 Å². The molecule has 1 heterocycles. The van der Waals surface area contributed by atoms with Crippen LogP contribution in [0.15, 0.2) is 54.2 Å². The fraction of sp³-hybridized carbons (Fsp3) is 0.333. The van der Waals surface area contributed by atoms with E-state index in [1.807, 2.05) is 24.3 Å². The topological polar surface area (TPSA) is 88.4 Å². The van der Waals surface area contributed by atoms with E-state index < -0.39 is 5.97 Å². The van der Waals surface area contributed by atoms with Gasteiger partial charge in [-0.1, -0.05) is 36.0 Å². The molecular formula is C21H25NO5. The second-order valence-electron chi connectivity index (χ2n) is 6.25. The van der Waals surface area contributed by atoms with E-state index in [0.29, 0.717) is 17.7 Å². The number of ether oxygens (including phenoxy) is 1. The molecule has 27 heavy (non-hydrogen) atoms. The first kappa shape index (κ1) is 20.3. The third-order valence-electron chi connectivity index (χ3n) is 3.89. The number of fused-ring (bicyclic) bond motifs is 1. The molecule has 6 heteroatoms. The lowest BCUT2D eigenvalue weighted by Gasteiger charge is -2.15. The van der Waals surface area contributed by atoms with Gasteiger partial charge in [-0.05, 0) is 37.5 Å². The van der Waals surface area contributed by atoms with Gasteiger partial charge in [-0.2, -0.15) is 0 Å². The number of phenolic OH excluding ortho intramolecular Hbond substituents is 2. The smallest absolute Gasteiger partial charge is 0.342 e. The Kier molecular flexibility index (Phi) is 7.67. The number of allylic oxidation sites excluding steroid dienone is 3. The van der Waals surface area contributed by atoms with E-state index in [0.717, 1.165) is 18.9 Å². The number of aromatic hydroxyl groups is 2. The molecule has 1 aromatic rings. The van der Waals surface area contributed by atoms with E-state index in [4.69, 9.17) is 9.57 Å². The molecule has 1 aliphatic rings. The molecule has 0 aromatic heterocycles. The summed E-state index contributed by atoms with van der Waals surface area (Å²) in [7, 11) is 0. The minimum absolute atomic E-state index is 0.0190. The molecule has 0 radical (unpaired) electrons. The standard InChI is InChI=1S/C21H25NO5/c1-3-11-26-22-17-10-8-6-4-5-7-9-15(2)27-21(25)20-16(12-17)13-18(23)14-19(20)24/h3,5,7-8,10,13-15,23-24H,1,4,6,9,11-12H2,2H3. The first-order valence-corrected chi connectivity index (χ1v) is 8.88. The second-order valence-corrected chi connectivity index (χ2v) is 6.25. The van der Waals surface area contributed by atoms with Crippen LogP contribution in [0.3, 0.4) is 0 Å². The monoisotopic (exact) mass is 371 g/mol. The quantitative estimate of drug-likeness (QED) is 0.362. The predicted octanol–water partition coefficient (Wildman–Crippen LogP) is 4.04. The summed E-state index contributed by atoms with van der Waals surface area (Å²) in [6, 6.07) is 2.54. The van der Waals surface area contributed by atoms with E-state index in [2.05, 4.69) is 11.7 Å². The van der Waals surface area contributed by atoms with Gasteiger partial charge in [0.1, 0.15) is 29.8 Å². The van der Waals surface area contributed by atoms with Gasteiger partial charge in [0.25, 0.3) is 0 Å². The Labute approximate surface area is 159 Å². The molecule has 0 saturated heterocycles. The summed E-state index contributed by atoms with van der Waals surface area (Å²) >= 11 is 0. The zero-order valence-electron chi connectivity index (χ0n) is 15.4. The fourth-order valence-corrected chi connectivity index (χ4v) is 2.64. The first-order chi connectivity index (χ1) is 13.0. The Bertz CT molecular complexity index is 764. The zero-order valence-corrected chi connectivity index (χ0v) is 15.4. The Balaban J connectivity index is 2.44. The lowest BCUT2D eigenvalue weighted by molar-refractivity contribution is 0.0343. The van der Waals surface area contributed by atoms with Gasteiger partial charge in [0.2, 0.25) is 0 Å². The molecule has 0 spiro atoms. The van der Waals surface area contributed by atoms with Gasteiger partial charge in [0.05, 0.1) is 5.71 Å². The SMILES string of the molecule is C=CCON=C1C=CCCC=CCC(C)OC(=O)c2c(O)cc(O)cc2C1. The van der Waals surface area contributed by atoms with Gasteiger partial charge in [0, 0.05) is 18.9 Å². The van der Waals surface area contributed by atoms with Gasteiger partial charge < -0.3 is 19.8 Å². The van der Waals surface area contributed by atoms with Crippen LogP contribution in [0.2, 0.25) is 0 Å². The molecule has 2 N–H and O–H groups in total. The largest absolute Gasteiger partial charge is 0.508 e. The predicted molar refractivity (Wildman–Crippen MR) is 104 cm³/mol. The number of benzene rings is 1. The van der Waals surface area contributed by atoms with Crippen molar-refractivity contribution in [1.29, 1.82) is 0 Å². The van der Waals surface area contributed by atoms with Crippen LogP contribution in [0, 0.1) is 0 Å². The highest BCUT2D eigenvalue weighted by Crippen LogP contribution is 2.29. The number of nitrogens with zero attached hydrogens (tertiary/aromatic N) is 1. The van der Waals surface area contributed by atoms with Crippen molar-refractivity contribution >= 4 is 11.7 Å². The highest BCUT2D eigenvalue weighted by atomic mass is 16.6. The average molecular weight is 371 g/mol. The number of carbonyl (C=O) groups is 1. The summed E-state index contributed by atoms with van der Waals surface area (Å²) in [5.41, 5.74) is 0.971. The van der Waals surface area contributed by atoms with Crippen LogP contribution >= 0.6 is 0 Å². The maximum Gasteiger partial charge on any atom is 0.342 e. The van der Waals surface area contributed by atoms with Crippen molar-refractivity contribution < 1.29 is 24.6 Å². The summed E-state index contributed by atoms with van der Waals surface area (Å²) in [4.78, 5) is 17.8. The second kappa shape index (κ2) is 10.2. The van der Waals surface area contributed by atoms with E-state index in [1.165, 1.54) is 6.07 Å². The zero-order chi connectivity index (χ0) is 19.6. The van der Waals surface area contributed by atoms with Gasteiger partial charge in [-0.3, -0.25) is 0 Å². The molecule has 1 aliphatic heterocycles. The molecule has 0 bridgehead atoms. The van der Waals surface area contributed by atoms with Gasteiger partial charge in [0.15, 0.2) is 0 Å². The number of cyclic esters (lactones) is 1. The first-order valence-electron chi connectivity index (χ1n) is 8.88. The lowest BCUT2D eigenvalue weighted by atomic mass is 9.99. The Hall–Kier alpha value is -3.02. The molecule has 0 aliphatic carbocycles. The number of esters is 1. The van der Waals surface area contributed by atoms with Crippen LogP contribution in [0.25, 0.3) is 0 Å². The van der Waals surface area contributed by atoms with Gasteiger partial charge >= 0.3 is 5.97 Å². The molecule has 1 atom stereocenters. The number of carbonyl (C=O) groups excluding carboxylic acids is 1. The molecule has 6 nitrogen and oxygen atoms in total. The molecule has 2 rings (SSSR count). The fourth-order valence-electron chi connectivity index (χ4n) is 2.64. The molecule has 0 amide bonds. The van der Waals surface area contributed by atoms with Crippen molar-refractivity contribution in [1.82, 2.24) is 0 Å². The van der Waals surface area contributed by atoms with E-state index in [-0.39, 0.29) is 36.2 Å². The average Bonchev–Trinajstić information content (AvgIpc) is 2.59. The number of rotatable bonds is 3. The number of phenols is 2. The molecule has 0 fully saturated rings. The van der Waals surface area contributed by atoms with Crippen LogP contribution in [0.1, 0.15) is 42.1 Å². The Morgan fingerprint density at radius 3 is 2.85 bits per heavy atom. The van der Waals surface area contributed by atoms with Crippen molar-refractivity contribution in [2.45, 2.75) is 38.7 Å². The third kappa shape index (κ3) is 6.33. The maximum absolute atomic E-state index is 12.6. The molecule has 144 valence electrons. The van der Waals surface area contributed by atoms with Crippen molar-refractivity contribution in [3.63, 3.8) is 0 Å². The highest BCUT2D eigenvalue weighted by Gasteiger charge is 2.22. The van der Waals surface area contributed by atoms with Crippen LogP contribution < -0.4 is 0 Å². The van der Waals surface area contributed by atoms with Crippen molar-refractivity contribution in [2.24, 2.45) is 5.16 Å². The molecule has 0 saturated carbocycles. The van der Waals surface area contributed by atoms with E-state index >= 15 is 0 Å². The summed E-state index contributed by atoms with van der Waals surface area (Å²) in [5.74, 6) is -1.12. The van der Waals surface area contributed by atoms with E-state index in [1.54, 1.807) is 13.0 Å². The summed E-state index contributed by atoms with van der Waals surface area (Å²) in [6.07, 6.45) is 11.5. The third-order valence-corrected chi connectivity index (χ3v) is 3.89. The number of oxime groups is 1. The Morgan fingerprint density at radius 1 is 1.30 bits per heavy atom. The van der Waals surface area contributed by atoms with Crippen LogP contribution in [-0.4, -0.2) is 34.6 Å². The molecular weight excluding hydrogens is 346 g/mol. The molecule has 1 unspecified atom stereocenters. The van der Waals surface area contributed by atoms with Crippen LogP contribution in [0.5, 0.6) is 11.5 Å². The van der Waals surface area contributed by atoms with Crippen LogP contribution in [-0.2, 0) is 16.0 Å². The molecule has 1 aromatic carbocycles. The lowest BCUT2D eigenvalue weighted by Crippen LogP contribution is -2.17. The maximum atomic E-state index is 12.6.